The van der Waals surface area contributed by atoms with Crippen molar-refractivity contribution >= 4 is 5.91 Å². The maximum Gasteiger partial charge on any atom is 0.254 e. The maximum atomic E-state index is 12.2. The van der Waals surface area contributed by atoms with Gasteiger partial charge in [-0.05, 0) is 31.4 Å². The molecule has 1 N–H and O–H groups in total. The van der Waals surface area contributed by atoms with Crippen LogP contribution in [0.4, 0.5) is 0 Å². The summed E-state index contributed by atoms with van der Waals surface area (Å²) in [7, 11) is 1.80. The first kappa shape index (κ1) is 13.7. The van der Waals surface area contributed by atoms with Crippen molar-refractivity contribution in [3.63, 3.8) is 0 Å². The molecule has 1 heterocycles. The summed E-state index contributed by atoms with van der Waals surface area (Å²) in [5, 5.41) is 7.09. The molecule has 5 heteroatoms. The molecule has 1 aromatic carbocycles. The number of carbonyl (C=O) groups is 1. The van der Waals surface area contributed by atoms with Crippen LogP contribution in [-0.2, 0) is 7.05 Å². The molecule has 0 spiro atoms. The van der Waals surface area contributed by atoms with Crippen LogP contribution in [-0.4, -0.2) is 27.8 Å². The maximum absolute atomic E-state index is 12.2. The molecule has 0 saturated heterocycles. The molecule has 5 nitrogen and oxygen atoms in total. The summed E-state index contributed by atoms with van der Waals surface area (Å²) in [6.45, 7) is 0. The molecular weight excluding hydrogens is 266 g/mol. The predicted molar refractivity (Wildman–Crippen MR) is 79.2 cm³/mol. The Labute approximate surface area is 123 Å². The molecule has 1 saturated carbocycles. The van der Waals surface area contributed by atoms with Crippen LogP contribution in [0.15, 0.2) is 42.7 Å². The van der Waals surface area contributed by atoms with Crippen LogP contribution < -0.4 is 10.1 Å². The van der Waals surface area contributed by atoms with Gasteiger partial charge < -0.3 is 10.1 Å². The Morgan fingerprint density at radius 2 is 2.14 bits per heavy atom. The molecule has 0 bridgehead atoms. The van der Waals surface area contributed by atoms with E-state index in [2.05, 4.69) is 10.4 Å². The molecule has 1 aliphatic carbocycles. The second-order valence-corrected chi connectivity index (χ2v) is 5.38. The Hall–Kier alpha value is -2.30. The van der Waals surface area contributed by atoms with Crippen LogP contribution in [0.5, 0.6) is 5.75 Å². The van der Waals surface area contributed by atoms with Crippen molar-refractivity contribution < 1.29 is 9.53 Å². The number of carbonyl (C=O) groups excluding carboxylic acids is 1. The SMILES string of the molecule is Cn1cc(C(=O)N[C@H]2CCC[C@@H]2Oc2ccccc2)cn1. The van der Waals surface area contributed by atoms with Gasteiger partial charge in [0.2, 0.25) is 0 Å². The number of benzene rings is 1. The lowest BCUT2D eigenvalue weighted by atomic mass is 10.2. The van der Waals surface area contributed by atoms with Gasteiger partial charge in [-0.15, -0.1) is 0 Å². The molecule has 3 rings (SSSR count). The van der Waals surface area contributed by atoms with Gasteiger partial charge in [0.05, 0.1) is 17.8 Å². The van der Waals surface area contributed by atoms with Gasteiger partial charge in [-0.1, -0.05) is 18.2 Å². The highest BCUT2D eigenvalue weighted by molar-refractivity contribution is 5.93. The molecule has 2 aromatic rings. The zero-order valence-electron chi connectivity index (χ0n) is 12.0. The van der Waals surface area contributed by atoms with E-state index in [4.69, 9.17) is 4.74 Å². The molecule has 2 atom stereocenters. The van der Waals surface area contributed by atoms with Crippen molar-refractivity contribution in [2.24, 2.45) is 7.05 Å². The normalized spacial score (nSPS) is 21.2. The second-order valence-electron chi connectivity index (χ2n) is 5.38. The lowest BCUT2D eigenvalue weighted by molar-refractivity contribution is 0.0894. The zero-order valence-corrected chi connectivity index (χ0v) is 12.0. The number of nitrogens with one attached hydrogen (secondary N) is 1. The number of amides is 1. The van der Waals surface area contributed by atoms with Crippen LogP contribution in [0.3, 0.4) is 0 Å². The average Bonchev–Trinajstić information content (AvgIpc) is 3.10. The fourth-order valence-electron chi connectivity index (χ4n) is 2.70. The van der Waals surface area contributed by atoms with Crippen LogP contribution in [0.2, 0.25) is 0 Å². The van der Waals surface area contributed by atoms with Gasteiger partial charge in [0, 0.05) is 13.2 Å². The number of nitrogens with zero attached hydrogens (tertiary/aromatic N) is 2. The van der Waals surface area contributed by atoms with E-state index in [1.54, 1.807) is 24.1 Å². The van der Waals surface area contributed by atoms with E-state index in [1.165, 1.54) is 0 Å². The Morgan fingerprint density at radius 3 is 2.86 bits per heavy atom. The highest BCUT2D eigenvalue weighted by Gasteiger charge is 2.30. The summed E-state index contributed by atoms with van der Waals surface area (Å²) in [6, 6.07) is 9.80. The third-order valence-corrected chi connectivity index (χ3v) is 3.77. The number of aromatic nitrogens is 2. The van der Waals surface area contributed by atoms with Crippen LogP contribution in [0, 0.1) is 0 Å². The van der Waals surface area contributed by atoms with Gasteiger partial charge in [-0.2, -0.15) is 5.10 Å². The Kier molecular flexibility index (Phi) is 3.90. The first-order valence-electron chi connectivity index (χ1n) is 7.23. The third kappa shape index (κ3) is 3.24. The van der Waals surface area contributed by atoms with Crippen molar-refractivity contribution in [3.05, 3.63) is 48.3 Å². The Morgan fingerprint density at radius 1 is 1.33 bits per heavy atom. The van der Waals surface area contributed by atoms with E-state index in [9.17, 15) is 4.79 Å². The molecule has 21 heavy (non-hydrogen) atoms. The smallest absolute Gasteiger partial charge is 0.254 e. The minimum atomic E-state index is -0.0864. The van der Waals surface area contributed by atoms with E-state index >= 15 is 0 Å². The van der Waals surface area contributed by atoms with Crippen molar-refractivity contribution in [1.82, 2.24) is 15.1 Å². The third-order valence-electron chi connectivity index (χ3n) is 3.77. The van der Waals surface area contributed by atoms with Crippen molar-refractivity contribution in [2.45, 2.75) is 31.4 Å². The fraction of sp³-hybridized carbons (Fsp3) is 0.375. The fourth-order valence-corrected chi connectivity index (χ4v) is 2.70. The summed E-state index contributed by atoms with van der Waals surface area (Å²) in [5.74, 6) is 0.765. The summed E-state index contributed by atoms with van der Waals surface area (Å²) in [5.41, 5.74) is 0.586. The molecule has 1 fully saturated rings. The largest absolute Gasteiger partial charge is 0.488 e. The number of aryl methyl sites for hydroxylation is 1. The molecule has 110 valence electrons. The van der Waals surface area contributed by atoms with Crippen molar-refractivity contribution in [1.29, 1.82) is 0 Å². The van der Waals surface area contributed by atoms with Gasteiger partial charge in [-0.25, -0.2) is 0 Å². The molecular formula is C16H19N3O2. The molecule has 0 aliphatic heterocycles. The molecule has 1 amide bonds. The van der Waals surface area contributed by atoms with Crippen molar-refractivity contribution in [3.8, 4) is 5.75 Å². The van der Waals surface area contributed by atoms with Crippen LogP contribution >= 0.6 is 0 Å². The lowest BCUT2D eigenvalue weighted by Gasteiger charge is -2.22. The zero-order chi connectivity index (χ0) is 14.7. The predicted octanol–water partition coefficient (Wildman–Crippen LogP) is 2.15. The van der Waals surface area contributed by atoms with Crippen molar-refractivity contribution in [2.75, 3.05) is 0 Å². The number of hydrogen-bond acceptors (Lipinski definition) is 3. The van der Waals surface area contributed by atoms with E-state index in [0.29, 0.717) is 5.56 Å². The Balaban J connectivity index is 1.63. The summed E-state index contributed by atoms with van der Waals surface area (Å²) >= 11 is 0. The number of hydrogen-bond donors (Lipinski definition) is 1. The lowest BCUT2D eigenvalue weighted by Crippen LogP contribution is -2.42. The Bertz CT molecular complexity index is 609. The summed E-state index contributed by atoms with van der Waals surface area (Å²) < 4.78 is 7.62. The molecule has 1 aromatic heterocycles. The highest BCUT2D eigenvalue weighted by Crippen LogP contribution is 2.24. The minimum absolute atomic E-state index is 0.0352. The number of ether oxygens (including phenoxy) is 1. The first-order chi connectivity index (χ1) is 10.2. The average molecular weight is 285 g/mol. The summed E-state index contributed by atoms with van der Waals surface area (Å²) in [6.07, 6.45) is 6.31. The summed E-state index contributed by atoms with van der Waals surface area (Å²) in [4.78, 5) is 12.2. The van der Waals surface area contributed by atoms with Crippen LogP contribution in [0.1, 0.15) is 29.6 Å². The van der Waals surface area contributed by atoms with E-state index in [1.807, 2.05) is 30.3 Å². The van der Waals surface area contributed by atoms with Gasteiger partial charge in [-0.3, -0.25) is 9.48 Å². The van der Waals surface area contributed by atoms with Gasteiger partial charge >= 0.3 is 0 Å². The first-order valence-corrected chi connectivity index (χ1v) is 7.23. The van der Waals surface area contributed by atoms with Gasteiger partial charge in [0.25, 0.3) is 5.91 Å². The topological polar surface area (TPSA) is 56.2 Å². The van der Waals surface area contributed by atoms with Gasteiger partial charge in [0.1, 0.15) is 11.9 Å². The van der Waals surface area contributed by atoms with Gasteiger partial charge in [0.15, 0.2) is 0 Å². The van der Waals surface area contributed by atoms with E-state index in [0.717, 1.165) is 25.0 Å². The molecule has 1 aliphatic rings. The minimum Gasteiger partial charge on any atom is -0.488 e. The van der Waals surface area contributed by atoms with E-state index in [-0.39, 0.29) is 18.1 Å². The molecule has 0 radical (unpaired) electrons. The quantitative estimate of drug-likeness (QED) is 0.936. The van der Waals surface area contributed by atoms with E-state index < -0.39 is 0 Å². The number of para-hydroxylation sites is 1. The monoisotopic (exact) mass is 285 g/mol. The highest BCUT2D eigenvalue weighted by atomic mass is 16.5. The van der Waals surface area contributed by atoms with Crippen LogP contribution in [0.25, 0.3) is 0 Å². The standard InChI is InChI=1S/C16H19N3O2/c1-19-11-12(10-17-19)16(20)18-14-8-5-9-15(14)21-13-6-3-2-4-7-13/h2-4,6-7,10-11,14-15H,5,8-9H2,1H3,(H,18,20)/t14-,15-/m0/s1. The number of rotatable bonds is 4. The second kappa shape index (κ2) is 5.99. The molecule has 0 unspecified atom stereocenters.